The van der Waals surface area contributed by atoms with Gasteiger partial charge >= 0.3 is 6.18 Å². The quantitative estimate of drug-likeness (QED) is 0.498. The van der Waals surface area contributed by atoms with Crippen molar-refractivity contribution in [3.63, 3.8) is 0 Å². The van der Waals surface area contributed by atoms with Gasteiger partial charge in [0.2, 0.25) is 0 Å². The summed E-state index contributed by atoms with van der Waals surface area (Å²) in [4.78, 5) is 9.83. The van der Waals surface area contributed by atoms with E-state index in [1.54, 1.807) is 0 Å². The molecule has 5 nitrogen and oxygen atoms in total. The molecule has 0 amide bonds. The number of halogens is 3. The molecule has 0 radical (unpaired) electrons. The normalized spacial score (nSPS) is 17.3. The molecule has 3 N–H and O–H groups in total. The standard InChI is InChI=1S/C10H10F3N3O2/c11-10(12,13)9(3-4-9)15-6-1-2-8(16(17)18)7(14)5-6/h1-2,5,15H,3-4,14H2. The van der Waals surface area contributed by atoms with Crippen LogP contribution in [0.5, 0.6) is 0 Å². The summed E-state index contributed by atoms with van der Waals surface area (Å²) in [5, 5.41) is 12.9. The second kappa shape index (κ2) is 3.76. The Morgan fingerprint density at radius 1 is 1.39 bits per heavy atom. The summed E-state index contributed by atoms with van der Waals surface area (Å²) in [6.45, 7) is 0. The number of rotatable bonds is 3. The number of hydrogen-bond donors (Lipinski definition) is 2. The van der Waals surface area contributed by atoms with Gasteiger partial charge in [-0.25, -0.2) is 0 Å². The number of nitro benzene ring substituents is 1. The second-order valence-corrected chi connectivity index (χ2v) is 4.24. The van der Waals surface area contributed by atoms with Gasteiger partial charge in [-0.15, -0.1) is 0 Å². The van der Waals surface area contributed by atoms with Crippen molar-refractivity contribution < 1.29 is 18.1 Å². The predicted molar refractivity (Wildman–Crippen MR) is 59.2 cm³/mol. The maximum absolute atomic E-state index is 12.7. The zero-order valence-corrected chi connectivity index (χ0v) is 9.12. The third-order valence-electron chi connectivity index (χ3n) is 2.90. The minimum absolute atomic E-state index is 0.00656. The summed E-state index contributed by atoms with van der Waals surface area (Å²) < 4.78 is 38.1. The largest absolute Gasteiger partial charge is 0.411 e. The molecular formula is C10H10F3N3O2. The lowest BCUT2D eigenvalue weighted by Crippen LogP contribution is -2.38. The predicted octanol–water partition coefficient (Wildman–Crippen LogP) is 2.68. The van der Waals surface area contributed by atoms with Crippen LogP contribution in [0.1, 0.15) is 12.8 Å². The summed E-state index contributed by atoms with van der Waals surface area (Å²) in [5.41, 5.74) is 3.15. The Morgan fingerprint density at radius 2 is 2.00 bits per heavy atom. The van der Waals surface area contributed by atoms with Gasteiger partial charge in [-0.05, 0) is 25.0 Å². The monoisotopic (exact) mass is 261 g/mol. The Hall–Kier alpha value is -1.99. The highest BCUT2D eigenvalue weighted by Gasteiger charge is 2.63. The first-order valence-electron chi connectivity index (χ1n) is 5.14. The van der Waals surface area contributed by atoms with Gasteiger partial charge in [0.25, 0.3) is 5.69 Å². The van der Waals surface area contributed by atoms with E-state index < -0.39 is 16.6 Å². The van der Waals surface area contributed by atoms with Crippen molar-refractivity contribution in [1.82, 2.24) is 0 Å². The van der Waals surface area contributed by atoms with Crippen LogP contribution < -0.4 is 11.1 Å². The van der Waals surface area contributed by atoms with Gasteiger partial charge < -0.3 is 11.1 Å². The van der Waals surface area contributed by atoms with E-state index in [4.69, 9.17) is 5.73 Å². The van der Waals surface area contributed by atoms with E-state index >= 15 is 0 Å². The lowest BCUT2D eigenvalue weighted by molar-refractivity contribution is -0.383. The van der Waals surface area contributed by atoms with Crippen molar-refractivity contribution in [3.8, 4) is 0 Å². The van der Waals surface area contributed by atoms with E-state index in [1.165, 1.54) is 6.07 Å². The molecule has 0 saturated heterocycles. The molecule has 0 bridgehead atoms. The number of nitro groups is 1. The number of nitrogens with zero attached hydrogens (tertiary/aromatic N) is 1. The van der Waals surface area contributed by atoms with Crippen molar-refractivity contribution in [1.29, 1.82) is 0 Å². The first-order valence-corrected chi connectivity index (χ1v) is 5.14. The lowest BCUT2D eigenvalue weighted by Gasteiger charge is -2.22. The van der Waals surface area contributed by atoms with Gasteiger partial charge in [0.05, 0.1) is 4.92 Å². The van der Waals surface area contributed by atoms with Crippen LogP contribution in [0.25, 0.3) is 0 Å². The number of hydrogen-bond acceptors (Lipinski definition) is 4. The Bertz CT molecular complexity index is 498. The van der Waals surface area contributed by atoms with E-state index in [1.807, 2.05) is 0 Å². The Balaban J connectivity index is 2.22. The summed E-state index contributed by atoms with van der Waals surface area (Å²) in [6, 6.07) is 3.45. The maximum Gasteiger partial charge on any atom is 0.411 e. The molecule has 2 rings (SSSR count). The Kier molecular flexibility index (Phi) is 2.60. The van der Waals surface area contributed by atoms with E-state index in [0.29, 0.717) is 0 Å². The number of anilines is 2. The van der Waals surface area contributed by atoms with Crippen LogP contribution in [0.3, 0.4) is 0 Å². The van der Waals surface area contributed by atoms with E-state index in [9.17, 15) is 23.3 Å². The zero-order chi connectivity index (χ0) is 13.6. The van der Waals surface area contributed by atoms with Crippen LogP contribution in [0, 0.1) is 10.1 Å². The third-order valence-corrected chi connectivity index (χ3v) is 2.90. The van der Waals surface area contributed by atoms with Crippen LogP contribution in [-0.4, -0.2) is 16.6 Å². The Labute approximate surface area is 99.9 Å². The van der Waals surface area contributed by atoms with Crippen molar-refractivity contribution in [2.24, 2.45) is 0 Å². The van der Waals surface area contributed by atoms with Crippen LogP contribution in [0.2, 0.25) is 0 Å². The molecule has 1 aromatic carbocycles. The van der Waals surface area contributed by atoms with Gasteiger partial charge in [-0.2, -0.15) is 13.2 Å². The van der Waals surface area contributed by atoms with Crippen LogP contribution >= 0.6 is 0 Å². The first-order chi connectivity index (χ1) is 8.25. The first kappa shape index (κ1) is 12.5. The van der Waals surface area contributed by atoms with Crippen LogP contribution in [0.4, 0.5) is 30.2 Å². The molecule has 1 aromatic rings. The van der Waals surface area contributed by atoms with Crippen molar-refractivity contribution in [2.45, 2.75) is 24.6 Å². The highest BCUT2D eigenvalue weighted by atomic mass is 19.4. The molecule has 1 saturated carbocycles. The second-order valence-electron chi connectivity index (χ2n) is 4.24. The highest BCUT2D eigenvalue weighted by Crippen LogP contribution is 2.51. The molecule has 1 fully saturated rings. The molecule has 0 unspecified atom stereocenters. The van der Waals surface area contributed by atoms with Crippen LogP contribution in [-0.2, 0) is 0 Å². The van der Waals surface area contributed by atoms with Crippen molar-refractivity contribution in [3.05, 3.63) is 28.3 Å². The number of benzene rings is 1. The molecule has 98 valence electrons. The van der Waals surface area contributed by atoms with Crippen molar-refractivity contribution >= 4 is 17.1 Å². The van der Waals surface area contributed by atoms with E-state index in [-0.39, 0.29) is 29.9 Å². The molecule has 18 heavy (non-hydrogen) atoms. The molecule has 0 spiro atoms. The zero-order valence-electron chi connectivity index (χ0n) is 9.12. The summed E-state index contributed by atoms with van der Waals surface area (Å²) in [7, 11) is 0. The van der Waals surface area contributed by atoms with Gasteiger partial charge in [0.1, 0.15) is 11.2 Å². The fourth-order valence-electron chi connectivity index (χ4n) is 1.68. The summed E-state index contributed by atoms with van der Waals surface area (Å²) >= 11 is 0. The van der Waals surface area contributed by atoms with E-state index in [0.717, 1.165) is 12.1 Å². The maximum atomic E-state index is 12.7. The number of nitrogens with one attached hydrogen (secondary N) is 1. The summed E-state index contributed by atoms with van der Waals surface area (Å²) in [6.07, 6.45) is -4.36. The number of alkyl halides is 3. The molecule has 0 atom stereocenters. The molecule has 0 aliphatic heterocycles. The fraction of sp³-hybridized carbons (Fsp3) is 0.400. The third kappa shape index (κ3) is 2.05. The van der Waals surface area contributed by atoms with Crippen LogP contribution in [0.15, 0.2) is 18.2 Å². The lowest BCUT2D eigenvalue weighted by atomic mass is 10.2. The average molecular weight is 261 g/mol. The number of nitrogen functional groups attached to an aromatic ring is 1. The molecule has 0 heterocycles. The molecule has 1 aliphatic carbocycles. The molecule has 1 aliphatic rings. The average Bonchev–Trinajstić information content (AvgIpc) is 2.97. The minimum Gasteiger partial charge on any atom is -0.393 e. The topological polar surface area (TPSA) is 81.2 Å². The molecule has 0 aromatic heterocycles. The smallest absolute Gasteiger partial charge is 0.393 e. The van der Waals surface area contributed by atoms with Gasteiger partial charge in [-0.1, -0.05) is 0 Å². The fourth-order valence-corrected chi connectivity index (χ4v) is 1.68. The number of nitrogens with two attached hydrogens (primary N) is 1. The van der Waals surface area contributed by atoms with E-state index in [2.05, 4.69) is 5.32 Å². The molecular weight excluding hydrogens is 251 g/mol. The van der Waals surface area contributed by atoms with Gasteiger partial charge in [0, 0.05) is 11.8 Å². The SMILES string of the molecule is Nc1cc(NC2(C(F)(F)F)CC2)ccc1[N+](=O)[O-]. The molecule has 8 heteroatoms. The minimum atomic E-state index is -4.34. The van der Waals surface area contributed by atoms with Gasteiger partial charge in [-0.3, -0.25) is 10.1 Å². The summed E-state index contributed by atoms with van der Waals surface area (Å²) in [5.74, 6) is 0. The highest BCUT2D eigenvalue weighted by molar-refractivity contribution is 5.66. The van der Waals surface area contributed by atoms with Gasteiger partial charge in [0.15, 0.2) is 0 Å². The van der Waals surface area contributed by atoms with Crippen molar-refractivity contribution in [2.75, 3.05) is 11.1 Å². The Morgan fingerprint density at radius 3 is 2.39 bits per heavy atom.